The van der Waals surface area contributed by atoms with E-state index in [1.54, 1.807) is 11.9 Å². The molecule has 0 spiro atoms. The zero-order valence-electron chi connectivity index (χ0n) is 23.7. The van der Waals surface area contributed by atoms with Crippen molar-refractivity contribution in [1.29, 1.82) is 0 Å². The summed E-state index contributed by atoms with van der Waals surface area (Å²) in [5.74, 6) is -0.0541. The highest BCUT2D eigenvalue weighted by Gasteiger charge is 2.36. The van der Waals surface area contributed by atoms with Crippen LogP contribution in [0, 0.1) is 11.8 Å². The molecule has 2 aliphatic heterocycles. The Hall–Kier alpha value is -1.41. The standard InChI is InChI=1S/C28H49BrN4O3/c1-18(2)24(17-21(7)27(35)32-15-12-22(29)13-16-32)31(8)28(36)25(19(3)4)30-26(34)23-11-9-10-14-33(23)20(5)6/h17-20,22-25H,9-16H2,1-8H3,(H,30,34)/b21-17+/t23?,24-,25+/m1/s1. The highest BCUT2D eigenvalue weighted by molar-refractivity contribution is 9.09. The highest BCUT2D eigenvalue weighted by Crippen LogP contribution is 2.23. The molecule has 8 heteroatoms. The minimum atomic E-state index is -0.609. The number of amides is 3. The second-order valence-electron chi connectivity index (χ2n) is 11.6. The second-order valence-corrected chi connectivity index (χ2v) is 12.9. The van der Waals surface area contributed by atoms with Gasteiger partial charge in [-0.15, -0.1) is 0 Å². The topological polar surface area (TPSA) is 73.0 Å². The van der Waals surface area contributed by atoms with Crippen molar-refractivity contribution in [2.45, 2.75) is 110 Å². The molecule has 2 aliphatic rings. The first kappa shape index (κ1) is 30.8. The predicted molar refractivity (Wildman–Crippen MR) is 150 cm³/mol. The first-order valence-electron chi connectivity index (χ1n) is 13.8. The lowest BCUT2D eigenvalue weighted by molar-refractivity contribution is -0.140. The monoisotopic (exact) mass is 568 g/mol. The third-order valence-corrected chi connectivity index (χ3v) is 8.60. The van der Waals surface area contributed by atoms with Gasteiger partial charge in [0.15, 0.2) is 0 Å². The van der Waals surface area contributed by atoms with E-state index in [0.717, 1.165) is 51.7 Å². The number of halogens is 1. The van der Waals surface area contributed by atoms with Crippen molar-refractivity contribution in [3.05, 3.63) is 11.6 Å². The van der Waals surface area contributed by atoms with Crippen molar-refractivity contribution in [2.75, 3.05) is 26.7 Å². The van der Waals surface area contributed by atoms with Gasteiger partial charge in [-0.05, 0) is 64.8 Å². The Kier molecular flexibility index (Phi) is 11.9. The molecule has 2 rings (SSSR count). The summed E-state index contributed by atoms with van der Waals surface area (Å²) in [6.07, 6.45) is 6.80. The lowest BCUT2D eigenvalue weighted by Gasteiger charge is -2.39. The number of carbonyl (C=O) groups excluding carboxylic acids is 3. The number of alkyl halides is 1. The van der Waals surface area contributed by atoms with Gasteiger partial charge in [-0.1, -0.05) is 56.1 Å². The summed E-state index contributed by atoms with van der Waals surface area (Å²) in [5.41, 5.74) is 0.668. The maximum atomic E-state index is 13.7. The van der Waals surface area contributed by atoms with Crippen LogP contribution in [0.1, 0.15) is 80.6 Å². The largest absolute Gasteiger partial charge is 0.343 e. The van der Waals surface area contributed by atoms with E-state index in [0.29, 0.717) is 10.4 Å². The number of nitrogens with zero attached hydrogens (tertiary/aromatic N) is 3. The van der Waals surface area contributed by atoms with E-state index in [4.69, 9.17) is 0 Å². The number of hydrogen-bond acceptors (Lipinski definition) is 4. The molecule has 0 radical (unpaired) electrons. The summed E-state index contributed by atoms with van der Waals surface area (Å²) < 4.78 is 0. The number of likely N-dealkylation sites (N-methyl/N-ethyl adjacent to an activating group) is 1. The summed E-state index contributed by atoms with van der Waals surface area (Å²) in [7, 11) is 1.79. The highest BCUT2D eigenvalue weighted by atomic mass is 79.9. The molecule has 3 amide bonds. The Bertz CT molecular complexity index is 790. The number of rotatable bonds is 9. The van der Waals surface area contributed by atoms with Crippen molar-refractivity contribution < 1.29 is 14.4 Å². The fourth-order valence-corrected chi connectivity index (χ4v) is 5.77. The van der Waals surface area contributed by atoms with Gasteiger partial charge >= 0.3 is 0 Å². The smallest absolute Gasteiger partial charge is 0.249 e. The molecule has 36 heavy (non-hydrogen) atoms. The quantitative estimate of drug-likeness (QED) is 0.334. The molecule has 2 heterocycles. The molecule has 0 saturated carbocycles. The first-order valence-corrected chi connectivity index (χ1v) is 14.7. The maximum Gasteiger partial charge on any atom is 0.249 e. The number of likely N-dealkylation sites (tertiary alicyclic amines) is 2. The summed E-state index contributed by atoms with van der Waals surface area (Å²) in [6.45, 7) is 16.6. The molecule has 0 aromatic heterocycles. The van der Waals surface area contributed by atoms with Gasteiger partial charge in [0.2, 0.25) is 17.7 Å². The van der Waals surface area contributed by atoms with Crippen LogP contribution in [0.3, 0.4) is 0 Å². The van der Waals surface area contributed by atoms with Gasteiger partial charge in [0.1, 0.15) is 6.04 Å². The average Bonchev–Trinajstić information content (AvgIpc) is 2.84. The van der Waals surface area contributed by atoms with Gasteiger partial charge < -0.3 is 15.1 Å². The van der Waals surface area contributed by atoms with E-state index in [2.05, 4.69) is 53.8 Å². The molecule has 2 saturated heterocycles. The lowest BCUT2D eigenvalue weighted by Crippen LogP contribution is -2.58. The molecule has 206 valence electrons. The molecular formula is C28H49BrN4O3. The minimum absolute atomic E-state index is 0.0423. The van der Waals surface area contributed by atoms with Crippen molar-refractivity contribution in [2.24, 2.45) is 11.8 Å². The number of piperidine rings is 2. The molecule has 3 atom stereocenters. The van der Waals surface area contributed by atoms with Gasteiger partial charge in [-0.3, -0.25) is 19.3 Å². The molecule has 1 N–H and O–H groups in total. The molecule has 0 aliphatic carbocycles. The Morgan fingerprint density at radius 3 is 2.08 bits per heavy atom. The maximum absolute atomic E-state index is 13.7. The van der Waals surface area contributed by atoms with E-state index < -0.39 is 6.04 Å². The third kappa shape index (κ3) is 8.04. The van der Waals surface area contributed by atoms with Gasteiger partial charge in [0.25, 0.3) is 0 Å². The predicted octanol–water partition coefficient (Wildman–Crippen LogP) is 4.21. The minimum Gasteiger partial charge on any atom is -0.343 e. The SMILES string of the molecule is C/C(=C\[C@H](C(C)C)N(C)C(=O)[C@@H](NC(=O)C1CCCCN1C(C)C)C(C)C)C(=O)N1CCC(Br)CC1. The van der Waals surface area contributed by atoms with Crippen LogP contribution in [0.5, 0.6) is 0 Å². The Labute approximate surface area is 227 Å². The molecular weight excluding hydrogens is 520 g/mol. The number of carbonyl (C=O) groups is 3. The van der Waals surface area contributed by atoms with Crippen LogP contribution < -0.4 is 5.32 Å². The molecule has 2 fully saturated rings. The van der Waals surface area contributed by atoms with Gasteiger partial charge in [0, 0.05) is 36.6 Å². The summed E-state index contributed by atoms with van der Waals surface area (Å²) in [5, 5.41) is 3.11. The fourth-order valence-electron chi connectivity index (χ4n) is 5.36. The average molecular weight is 570 g/mol. The van der Waals surface area contributed by atoms with E-state index in [1.165, 1.54) is 0 Å². The fraction of sp³-hybridized carbons (Fsp3) is 0.821. The Morgan fingerprint density at radius 2 is 1.56 bits per heavy atom. The van der Waals surface area contributed by atoms with Gasteiger partial charge in [-0.2, -0.15) is 0 Å². The van der Waals surface area contributed by atoms with Gasteiger partial charge in [0.05, 0.1) is 12.1 Å². The van der Waals surface area contributed by atoms with Crippen LogP contribution in [-0.2, 0) is 14.4 Å². The van der Waals surface area contributed by atoms with Crippen LogP contribution in [0.25, 0.3) is 0 Å². The second kappa shape index (κ2) is 13.9. The van der Waals surface area contributed by atoms with Crippen LogP contribution >= 0.6 is 15.9 Å². The summed E-state index contributed by atoms with van der Waals surface area (Å²) >= 11 is 3.64. The zero-order valence-corrected chi connectivity index (χ0v) is 25.3. The van der Waals surface area contributed by atoms with Crippen LogP contribution in [0.4, 0.5) is 0 Å². The Morgan fingerprint density at radius 1 is 0.944 bits per heavy atom. The number of hydrogen-bond donors (Lipinski definition) is 1. The van der Waals surface area contributed by atoms with Crippen molar-refractivity contribution in [3.63, 3.8) is 0 Å². The molecule has 0 bridgehead atoms. The lowest BCUT2D eigenvalue weighted by atomic mass is 9.95. The van der Waals surface area contributed by atoms with Crippen molar-refractivity contribution in [1.82, 2.24) is 20.0 Å². The van der Waals surface area contributed by atoms with E-state index >= 15 is 0 Å². The Balaban J connectivity index is 2.16. The molecule has 1 unspecified atom stereocenters. The van der Waals surface area contributed by atoms with Crippen LogP contribution in [0.2, 0.25) is 0 Å². The van der Waals surface area contributed by atoms with Crippen LogP contribution in [-0.4, -0.2) is 88.1 Å². The first-order chi connectivity index (χ1) is 16.8. The zero-order chi connectivity index (χ0) is 27.2. The van der Waals surface area contributed by atoms with Crippen molar-refractivity contribution in [3.8, 4) is 0 Å². The van der Waals surface area contributed by atoms with Crippen LogP contribution in [0.15, 0.2) is 11.6 Å². The normalized spacial score (nSPS) is 22.2. The summed E-state index contributed by atoms with van der Waals surface area (Å²) in [4.78, 5) is 46.5. The van der Waals surface area contributed by atoms with E-state index in [1.807, 2.05) is 31.7 Å². The van der Waals surface area contributed by atoms with E-state index in [-0.39, 0.29) is 47.7 Å². The van der Waals surface area contributed by atoms with Crippen molar-refractivity contribution >= 4 is 33.7 Å². The summed E-state index contributed by atoms with van der Waals surface area (Å²) in [6, 6.07) is -0.757. The molecule has 0 aromatic rings. The van der Waals surface area contributed by atoms with Gasteiger partial charge in [-0.25, -0.2) is 0 Å². The number of nitrogens with one attached hydrogen (secondary N) is 1. The molecule has 7 nitrogen and oxygen atoms in total. The van der Waals surface area contributed by atoms with E-state index in [9.17, 15) is 14.4 Å². The molecule has 0 aromatic carbocycles. The third-order valence-electron chi connectivity index (χ3n) is 7.69.